The molecule has 13 saturated heterocycles. The minimum atomic E-state index is -2.69. The van der Waals surface area contributed by atoms with Crippen molar-refractivity contribution in [2.24, 2.45) is 58.2 Å². The van der Waals surface area contributed by atoms with Crippen molar-refractivity contribution in [3.05, 3.63) is 0 Å². The Hall–Kier alpha value is -0.650. The minimum absolute atomic E-state index is 0.0441. The fourth-order valence-electron chi connectivity index (χ4n) is 16.9. The number of morpholine rings is 1. The maximum absolute atomic E-state index is 12.1. The first-order valence-corrected chi connectivity index (χ1v) is 61.6. The molecule has 1 N–H and O–H groups in total. The second-order valence-corrected chi connectivity index (χ2v) is 52.4. The number of aliphatic hydroxyl groups excluding tert-OH is 1. The summed E-state index contributed by atoms with van der Waals surface area (Å²) in [4.78, 5) is 33.2. The predicted molar refractivity (Wildman–Crippen MR) is 622 cm³/mol. The lowest BCUT2D eigenvalue weighted by Gasteiger charge is -2.56. The molecule has 2 spiro atoms. The van der Waals surface area contributed by atoms with Crippen molar-refractivity contribution < 1.29 is 55.9 Å². The number of ether oxygens (including phenoxy) is 7. The molecular weight excluding hydrogens is 1850 g/mol. The molecule has 15 fully saturated rings. The highest BCUT2D eigenvalue weighted by atomic mass is 32.2. The zero-order valence-corrected chi connectivity index (χ0v) is 105. The van der Waals surface area contributed by atoms with E-state index in [4.69, 9.17) is 43.1 Å². The second-order valence-electron chi connectivity index (χ2n) is 48.9. The number of hydrogen-bond acceptors (Lipinski definition) is 25. The molecule has 0 atom stereocenters. The summed E-state index contributed by atoms with van der Waals surface area (Å²) in [6.07, 6.45) is 17.3. The Balaban J connectivity index is 0. The zero-order valence-electron chi connectivity index (χ0n) is 103. The van der Waals surface area contributed by atoms with E-state index in [-0.39, 0.29) is 6.10 Å². The number of thioether (sulfide) groups is 1. The Morgan fingerprint density at radius 3 is 0.979 bits per heavy atom. The summed E-state index contributed by atoms with van der Waals surface area (Å²) in [6.45, 7) is 114. The maximum Gasteiger partial charge on any atom is 0.152 e. The van der Waals surface area contributed by atoms with Crippen LogP contribution in [0.25, 0.3) is 0 Å². The van der Waals surface area contributed by atoms with Crippen molar-refractivity contribution in [1.82, 2.24) is 63.9 Å². The topological polar surface area (TPSA) is 170 Å². The summed E-state index contributed by atoms with van der Waals surface area (Å²) < 4.78 is 70.1. The van der Waals surface area contributed by atoms with Gasteiger partial charge in [-0.1, -0.05) is 82.1 Å². The lowest BCUT2D eigenvalue weighted by Crippen LogP contribution is -2.67. The SMILES string of the molecule is CC(C)C1CC1.CC(C)C1CC2(COC2)C1.CC(C)C1CCOCC1.CC(C)C1COC1.CC(C)N(C)C.CC(C)N1CC(F)C1.CC(C)N1CC(O)C1.CC(C)N1CC2(COC2)C1.CC(C)N1CCC1.CC(C)N1CCCC1.CC(C)N1CCOC1.CC(C)N1CCOCC1.CC(C)N1CCS(=O)(=O)CC1.CC(C)N1CCSCC1.CCCCN(C)C(C)C.CCCCN(CCOC)C(C)C.CON(C)C(C)C. The Kier molecular flexibility index (Phi) is 84.5. The van der Waals surface area contributed by atoms with Gasteiger partial charge in [-0.3, -0.25) is 39.2 Å². The van der Waals surface area contributed by atoms with Crippen LogP contribution in [0.15, 0.2) is 0 Å². The van der Waals surface area contributed by atoms with E-state index in [0.717, 1.165) is 197 Å². The highest BCUT2D eigenvalue weighted by molar-refractivity contribution is 7.99. The number of sulfone groups is 1. The monoisotopic (exact) mass is 2100 g/mol. The van der Waals surface area contributed by atoms with E-state index in [1.165, 1.54) is 160 Å². The van der Waals surface area contributed by atoms with Gasteiger partial charge in [0.25, 0.3) is 0 Å². The first-order chi connectivity index (χ1) is 67.5. The third-order valence-corrected chi connectivity index (χ3v) is 33.5. The molecule has 0 unspecified atom stereocenters. The maximum atomic E-state index is 12.1. The molecule has 15 rings (SSSR count). The average Bonchev–Trinajstić information content (AvgIpc) is 1.36. The average molecular weight is 2100 g/mol. The molecule has 0 bridgehead atoms. The fourth-order valence-corrected chi connectivity index (χ4v) is 19.1. The number of unbranched alkanes of at least 4 members (excludes halogenated alkanes) is 2. The molecule has 0 aromatic rings. The predicted octanol–water partition coefficient (Wildman–Crippen LogP) is 21.0. The minimum Gasteiger partial charge on any atom is -0.390 e. The van der Waals surface area contributed by atoms with Gasteiger partial charge in [-0.2, -0.15) is 16.8 Å². The van der Waals surface area contributed by atoms with Gasteiger partial charge < -0.3 is 62.7 Å². The van der Waals surface area contributed by atoms with Crippen molar-refractivity contribution in [1.29, 1.82) is 0 Å². The highest BCUT2D eigenvalue weighted by Crippen LogP contribution is 2.53. The standard InChI is InChI=1S/C10H23NO.C9H16O.C8H15NO.C8H19N.C8H16O.C7H15NO2S.C7H15NO.C7H15NS.C7H15N.C6H12FN.2C6H13NO.C6H13N.C6H12O.C6H12.C5H13NO.C5H13N/c1-5-6-7-11(10(2)3)8-9-12-4;1-7(2)8-3-9(4-8)5-10-6-9;1-7(2)9-3-8(4-9)5-10-6-8;1-5-6-7-9(4)8(2)3;1-7(2)8-3-5-9-6-4-8;1-7(2)8-3-5-11(9,10)6-4-8;2*1-7(2)8-3-5-9-6-4-8;1-7(2)8-5-3-4-6-8;1-5(2)8-3-6(7)4-8;1-5(2)7-3-6(8)4-7;1-6(2)7-3-4-8-5-7;1-6(2)7-4-3-5-7;1-5(2)6-3-7-4-6;1-5(2)6-3-4-6;1-5(2)6(3)7-4;1-5(2)6(3)4/h10H,5-9H2,1-4H3;7-8H,3-6H2,1-2H3;7H,3-6H2,1-2H3;8H,5-7H2,1-4H3;7-8H,3-6H2,1-2H3;7H,3-6H2,1-2H3;2*7H,3-6H2,1-2H3;7H,3-6H2,1-2H3;5-6H,3-4H2,1-2H3;5-6,8H,3-4H2,1-2H3;6H,3-5H2,1-2H3;6H,3-5H2,1-2H3;5-6H,3-4H2,1-2H3;5-6H,3-4H2,1-2H3;5H,1-4H3;5H,1-4H3. The van der Waals surface area contributed by atoms with Crippen LogP contribution in [0.4, 0.5) is 4.39 Å². The summed E-state index contributed by atoms with van der Waals surface area (Å²) in [5.74, 6) is 10.8. The Bertz CT molecular complexity index is 2750. The number of likely N-dealkylation sites (tertiary alicyclic amines) is 5. The zero-order chi connectivity index (χ0) is 110. The van der Waals surface area contributed by atoms with Crippen molar-refractivity contribution in [3.8, 4) is 0 Å². The van der Waals surface area contributed by atoms with Gasteiger partial charge in [-0.05, 0) is 352 Å². The Labute approximate surface area is 900 Å². The lowest BCUT2D eigenvalue weighted by molar-refractivity contribution is -0.195. The van der Waals surface area contributed by atoms with Crippen LogP contribution in [0, 0.1) is 58.2 Å². The van der Waals surface area contributed by atoms with E-state index in [9.17, 15) is 12.8 Å². The largest absolute Gasteiger partial charge is 0.390 e. The van der Waals surface area contributed by atoms with E-state index in [0.29, 0.717) is 103 Å². The van der Waals surface area contributed by atoms with Crippen LogP contribution >= 0.6 is 11.8 Å². The molecule has 2 aliphatic carbocycles. The van der Waals surface area contributed by atoms with Crippen LogP contribution in [-0.2, 0) is 47.8 Å². The summed E-state index contributed by atoms with van der Waals surface area (Å²) in [7, 11) is 8.97. The molecule has 0 aromatic carbocycles. The molecular formula is C117H250FN13O11S2. The van der Waals surface area contributed by atoms with Gasteiger partial charge in [-0.25, -0.2) is 12.8 Å². The molecule has 0 amide bonds. The fraction of sp³-hybridized carbons (Fsp3) is 1.00. The number of nitrogens with zero attached hydrogens (tertiary/aromatic N) is 13. The van der Waals surface area contributed by atoms with E-state index < -0.39 is 16.0 Å². The van der Waals surface area contributed by atoms with Gasteiger partial charge in [0, 0.05) is 226 Å². The number of hydroxylamine groups is 2. The van der Waals surface area contributed by atoms with Crippen molar-refractivity contribution >= 4 is 21.6 Å². The van der Waals surface area contributed by atoms with Gasteiger partial charge in [0.2, 0.25) is 0 Å². The van der Waals surface area contributed by atoms with Gasteiger partial charge >= 0.3 is 0 Å². The van der Waals surface area contributed by atoms with Crippen LogP contribution in [0.3, 0.4) is 0 Å². The van der Waals surface area contributed by atoms with Gasteiger partial charge in [0.05, 0.1) is 97.5 Å². The van der Waals surface area contributed by atoms with E-state index in [1.54, 1.807) is 19.3 Å². The summed E-state index contributed by atoms with van der Waals surface area (Å²) in [5, 5.41) is 10.6. The van der Waals surface area contributed by atoms with Crippen molar-refractivity contribution in [3.63, 3.8) is 0 Å². The van der Waals surface area contributed by atoms with Crippen LogP contribution in [-0.4, -0.2) is 451 Å². The molecule has 868 valence electrons. The van der Waals surface area contributed by atoms with Gasteiger partial charge in [0.1, 0.15) is 6.17 Å². The molecule has 0 radical (unpaired) electrons. The van der Waals surface area contributed by atoms with Gasteiger partial charge in [-0.15, -0.1) is 0 Å². The number of rotatable bonds is 27. The normalized spacial score (nSPS) is 21.5. The Morgan fingerprint density at radius 1 is 0.382 bits per heavy atom. The summed E-state index contributed by atoms with van der Waals surface area (Å²) >= 11 is 2.07. The van der Waals surface area contributed by atoms with E-state index in [1.807, 2.05) is 7.05 Å². The Morgan fingerprint density at radius 2 is 0.750 bits per heavy atom. The molecule has 13 heterocycles. The summed E-state index contributed by atoms with van der Waals surface area (Å²) in [5.41, 5.74) is 1.28. The molecule has 2 saturated carbocycles. The second kappa shape index (κ2) is 83.7. The van der Waals surface area contributed by atoms with Crippen LogP contribution < -0.4 is 0 Å². The molecule has 13 aliphatic heterocycles. The number of halogens is 1. The first kappa shape index (κ1) is 145. The first-order valence-electron chi connectivity index (χ1n) is 58.6. The molecule has 15 aliphatic rings. The quantitative estimate of drug-likeness (QED) is 0.0770. The highest BCUT2D eigenvalue weighted by Gasteiger charge is 2.51. The van der Waals surface area contributed by atoms with Crippen molar-refractivity contribution in [2.75, 3.05) is 282 Å². The van der Waals surface area contributed by atoms with Crippen LogP contribution in [0.2, 0.25) is 0 Å². The lowest BCUT2D eigenvalue weighted by atomic mass is 9.58. The third-order valence-electron chi connectivity index (χ3n) is 30.9. The van der Waals surface area contributed by atoms with Gasteiger partial charge in [0.15, 0.2) is 9.84 Å². The number of methoxy groups -OCH3 is 1. The third kappa shape index (κ3) is 70.8. The number of aliphatic hydroxyl groups is 1. The smallest absolute Gasteiger partial charge is 0.152 e. The number of hydrogen-bond donors (Lipinski definition) is 1. The van der Waals surface area contributed by atoms with E-state index >= 15 is 0 Å². The van der Waals surface area contributed by atoms with Crippen LogP contribution in [0.1, 0.15) is 333 Å². The van der Waals surface area contributed by atoms with E-state index in [2.05, 4.69) is 341 Å². The molecule has 0 aromatic heterocycles. The van der Waals surface area contributed by atoms with Crippen LogP contribution in [0.5, 0.6) is 0 Å². The molecule has 24 nitrogen and oxygen atoms in total. The molecule has 27 heteroatoms. The number of β-amino-alcohol motifs (C(OH)–C–C–N with tert-alkyl or cyclic N) is 1. The van der Waals surface area contributed by atoms with Crippen molar-refractivity contribution in [2.45, 2.75) is 424 Å². The number of alkyl halides is 1. The summed E-state index contributed by atoms with van der Waals surface area (Å²) in [6, 6.07) is 8.51. The molecule has 144 heavy (non-hydrogen) atoms.